The highest BCUT2D eigenvalue weighted by molar-refractivity contribution is 7.13. The third kappa shape index (κ3) is 3.29. The normalized spacial score (nSPS) is 10.9. The second-order valence-corrected chi connectivity index (χ2v) is 4.42. The molecule has 1 aromatic rings. The highest BCUT2D eigenvalue weighted by atomic mass is 32.1. The quantitative estimate of drug-likeness (QED) is 0.780. The average molecular weight is 212 g/mol. The third-order valence-electron chi connectivity index (χ3n) is 2.61. The van der Waals surface area contributed by atoms with Gasteiger partial charge >= 0.3 is 0 Å². The predicted octanol–water partition coefficient (Wildman–Crippen LogP) is 3.55. The number of rotatable bonds is 6. The smallest absolute Gasteiger partial charge is 0.182 e. The zero-order valence-corrected chi connectivity index (χ0v) is 10.2. The highest BCUT2D eigenvalue weighted by Crippen LogP contribution is 2.17. The van der Waals surface area contributed by atoms with Gasteiger partial charge in [0.25, 0.3) is 0 Å². The predicted molar refractivity (Wildman–Crippen MR) is 64.1 cm³/mol. The summed E-state index contributed by atoms with van der Waals surface area (Å²) in [5.41, 5.74) is 1.20. The zero-order valence-electron chi connectivity index (χ0n) is 9.34. The summed E-state index contributed by atoms with van der Waals surface area (Å²) in [7, 11) is 0. The van der Waals surface area contributed by atoms with E-state index in [0.717, 1.165) is 24.0 Å². The topological polar surface area (TPSA) is 24.9 Å². The van der Waals surface area contributed by atoms with E-state index in [2.05, 4.69) is 36.5 Å². The van der Waals surface area contributed by atoms with Gasteiger partial charge in [0, 0.05) is 11.9 Å². The Labute approximate surface area is 90.8 Å². The van der Waals surface area contributed by atoms with Crippen LogP contribution >= 0.6 is 11.3 Å². The van der Waals surface area contributed by atoms with Gasteiger partial charge in [-0.25, -0.2) is 4.98 Å². The van der Waals surface area contributed by atoms with Crippen molar-refractivity contribution in [2.75, 3.05) is 11.9 Å². The first kappa shape index (κ1) is 11.5. The summed E-state index contributed by atoms with van der Waals surface area (Å²) >= 11 is 1.71. The molecule has 80 valence electrons. The molecule has 0 aliphatic carbocycles. The lowest BCUT2D eigenvalue weighted by Crippen LogP contribution is -2.12. The van der Waals surface area contributed by atoms with E-state index in [1.165, 1.54) is 18.5 Å². The van der Waals surface area contributed by atoms with E-state index in [1.54, 1.807) is 11.3 Å². The minimum Gasteiger partial charge on any atom is -0.361 e. The molecule has 0 spiro atoms. The Morgan fingerprint density at radius 1 is 1.36 bits per heavy atom. The SMILES string of the molecule is CCc1csc(NCC(CC)CC)n1. The van der Waals surface area contributed by atoms with Crippen molar-refractivity contribution in [2.24, 2.45) is 5.92 Å². The lowest BCUT2D eigenvalue weighted by Gasteiger charge is -2.11. The summed E-state index contributed by atoms with van der Waals surface area (Å²) in [6.45, 7) is 7.69. The molecular formula is C11H20N2S. The minimum absolute atomic E-state index is 0.781. The molecule has 0 saturated carbocycles. The molecule has 0 bridgehead atoms. The van der Waals surface area contributed by atoms with Crippen molar-refractivity contribution in [3.63, 3.8) is 0 Å². The molecule has 0 atom stereocenters. The van der Waals surface area contributed by atoms with Gasteiger partial charge in [-0.15, -0.1) is 11.3 Å². The lowest BCUT2D eigenvalue weighted by molar-refractivity contribution is 0.519. The largest absolute Gasteiger partial charge is 0.361 e. The van der Waals surface area contributed by atoms with E-state index in [1.807, 2.05) is 0 Å². The van der Waals surface area contributed by atoms with E-state index in [4.69, 9.17) is 0 Å². The Morgan fingerprint density at radius 2 is 2.07 bits per heavy atom. The van der Waals surface area contributed by atoms with Crippen molar-refractivity contribution in [2.45, 2.75) is 40.0 Å². The number of hydrogen-bond acceptors (Lipinski definition) is 3. The summed E-state index contributed by atoms with van der Waals surface area (Å²) in [4.78, 5) is 4.48. The Morgan fingerprint density at radius 3 is 2.57 bits per heavy atom. The number of nitrogens with one attached hydrogen (secondary N) is 1. The Balaban J connectivity index is 2.37. The first-order valence-electron chi connectivity index (χ1n) is 5.48. The second-order valence-electron chi connectivity index (χ2n) is 3.56. The molecule has 0 saturated heterocycles. The summed E-state index contributed by atoms with van der Waals surface area (Å²) in [5, 5.41) is 6.62. The molecular weight excluding hydrogens is 192 g/mol. The summed E-state index contributed by atoms with van der Waals surface area (Å²) in [5.74, 6) is 0.781. The zero-order chi connectivity index (χ0) is 10.4. The van der Waals surface area contributed by atoms with Crippen molar-refractivity contribution in [1.29, 1.82) is 0 Å². The van der Waals surface area contributed by atoms with Crippen molar-refractivity contribution in [3.8, 4) is 0 Å². The minimum atomic E-state index is 0.781. The van der Waals surface area contributed by atoms with Crippen molar-refractivity contribution in [1.82, 2.24) is 4.98 Å². The number of hydrogen-bond donors (Lipinski definition) is 1. The molecule has 1 aromatic heterocycles. The molecule has 1 heterocycles. The van der Waals surface area contributed by atoms with Crippen LogP contribution in [-0.4, -0.2) is 11.5 Å². The van der Waals surface area contributed by atoms with Gasteiger partial charge in [-0.1, -0.05) is 33.6 Å². The van der Waals surface area contributed by atoms with Crippen LogP contribution in [-0.2, 0) is 6.42 Å². The Bertz CT molecular complexity index is 254. The molecule has 0 aliphatic rings. The molecule has 0 radical (unpaired) electrons. The first-order chi connectivity index (χ1) is 6.80. The van der Waals surface area contributed by atoms with E-state index in [0.29, 0.717) is 0 Å². The fraction of sp³-hybridized carbons (Fsp3) is 0.727. The Kier molecular flexibility index (Phi) is 4.94. The van der Waals surface area contributed by atoms with Crippen LogP contribution in [0, 0.1) is 5.92 Å². The van der Waals surface area contributed by atoms with Crippen LogP contribution < -0.4 is 5.32 Å². The fourth-order valence-corrected chi connectivity index (χ4v) is 2.16. The number of aromatic nitrogens is 1. The summed E-state index contributed by atoms with van der Waals surface area (Å²) < 4.78 is 0. The average Bonchev–Trinajstić information content (AvgIpc) is 2.67. The molecule has 1 rings (SSSR count). The molecule has 0 fully saturated rings. The maximum absolute atomic E-state index is 4.48. The third-order valence-corrected chi connectivity index (χ3v) is 3.46. The van der Waals surface area contributed by atoms with E-state index in [-0.39, 0.29) is 0 Å². The van der Waals surface area contributed by atoms with Crippen molar-refractivity contribution in [3.05, 3.63) is 11.1 Å². The molecule has 0 amide bonds. The first-order valence-corrected chi connectivity index (χ1v) is 6.36. The van der Waals surface area contributed by atoms with E-state index >= 15 is 0 Å². The van der Waals surface area contributed by atoms with Crippen LogP contribution in [0.1, 0.15) is 39.3 Å². The fourth-order valence-electron chi connectivity index (χ4n) is 1.36. The molecule has 0 aliphatic heterocycles. The molecule has 0 unspecified atom stereocenters. The van der Waals surface area contributed by atoms with Crippen molar-refractivity contribution < 1.29 is 0 Å². The van der Waals surface area contributed by atoms with Gasteiger partial charge in [0.1, 0.15) is 0 Å². The van der Waals surface area contributed by atoms with Crippen LogP contribution in [0.4, 0.5) is 5.13 Å². The van der Waals surface area contributed by atoms with Crippen LogP contribution in [0.3, 0.4) is 0 Å². The van der Waals surface area contributed by atoms with Gasteiger partial charge < -0.3 is 5.32 Å². The van der Waals surface area contributed by atoms with Crippen LogP contribution in [0.15, 0.2) is 5.38 Å². The van der Waals surface area contributed by atoms with Crippen molar-refractivity contribution >= 4 is 16.5 Å². The summed E-state index contributed by atoms with van der Waals surface area (Å²) in [6, 6.07) is 0. The van der Waals surface area contributed by atoms with Gasteiger partial charge in [-0.2, -0.15) is 0 Å². The maximum Gasteiger partial charge on any atom is 0.182 e. The summed E-state index contributed by atoms with van der Waals surface area (Å²) in [6.07, 6.45) is 3.52. The molecule has 14 heavy (non-hydrogen) atoms. The molecule has 2 nitrogen and oxygen atoms in total. The van der Waals surface area contributed by atoms with E-state index in [9.17, 15) is 0 Å². The maximum atomic E-state index is 4.48. The van der Waals surface area contributed by atoms with Gasteiger partial charge in [0.15, 0.2) is 5.13 Å². The number of nitrogens with zero attached hydrogens (tertiary/aromatic N) is 1. The van der Waals surface area contributed by atoms with Gasteiger partial charge in [-0.05, 0) is 12.3 Å². The van der Waals surface area contributed by atoms with Crippen LogP contribution in [0.5, 0.6) is 0 Å². The van der Waals surface area contributed by atoms with Crippen LogP contribution in [0.2, 0.25) is 0 Å². The monoisotopic (exact) mass is 212 g/mol. The second kappa shape index (κ2) is 6.02. The van der Waals surface area contributed by atoms with Gasteiger partial charge in [-0.3, -0.25) is 0 Å². The number of anilines is 1. The standard InChI is InChI=1S/C11H20N2S/c1-4-9(5-2)7-12-11-13-10(6-3)8-14-11/h8-9H,4-7H2,1-3H3,(H,12,13). The Hall–Kier alpha value is -0.570. The molecule has 3 heteroatoms. The molecule has 0 aromatic carbocycles. The van der Waals surface area contributed by atoms with Gasteiger partial charge in [0.2, 0.25) is 0 Å². The molecule has 1 N–H and O–H groups in total. The highest BCUT2D eigenvalue weighted by Gasteiger charge is 2.04. The lowest BCUT2D eigenvalue weighted by atomic mass is 10.0. The van der Waals surface area contributed by atoms with E-state index < -0.39 is 0 Å². The number of thiazole rings is 1. The van der Waals surface area contributed by atoms with Gasteiger partial charge in [0.05, 0.1) is 5.69 Å². The number of aryl methyl sites for hydroxylation is 1. The van der Waals surface area contributed by atoms with Crippen LogP contribution in [0.25, 0.3) is 0 Å².